The number of hydrogen-bond donors (Lipinski definition) is 2. The van der Waals surface area contributed by atoms with Gasteiger partial charge in [-0.2, -0.15) is 5.10 Å². The molecule has 4 heterocycles. The molecule has 3 aromatic heterocycles. The Hall–Kier alpha value is -3.94. The summed E-state index contributed by atoms with van der Waals surface area (Å²) in [5.74, 6) is 0.598. The van der Waals surface area contributed by atoms with Gasteiger partial charge in [-0.05, 0) is 66.6 Å². The zero-order valence-corrected chi connectivity index (χ0v) is 19.3. The maximum absolute atomic E-state index is 11.6. The van der Waals surface area contributed by atoms with Crippen LogP contribution in [-0.4, -0.2) is 44.5 Å². The molecule has 5 rings (SSSR count). The topological polar surface area (TPSA) is 102 Å². The largest absolute Gasteiger partial charge is 0.481 e. The predicted octanol–water partition coefficient (Wildman–Crippen LogP) is 4.16. The summed E-state index contributed by atoms with van der Waals surface area (Å²) in [6.07, 6.45) is 6.40. The van der Waals surface area contributed by atoms with Crippen LogP contribution in [0, 0.1) is 6.92 Å². The minimum atomic E-state index is -0.897. The quantitative estimate of drug-likeness (QED) is 0.430. The summed E-state index contributed by atoms with van der Waals surface area (Å²) in [5, 5.41) is 18.6. The first-order valence-electron chi connectivity index (χ1n) is 11.4. The summed E-state index contributed by atoms with van der Waals surface area (Å²) in [4.78, 5) is 20.6. The molecule has 8 heteroatoms. The molecule has 8 nitrogen and oxygen atoms in total. The van der Waals surface area contributed by atoms with Crippen molar-refractivity contribution in [2.75, 3.05) is 19.0 Å². The number of methoxy groups -OCH3 is 1. The number of aliphatic carboxylic acids is 1. The number of aromatic nitrogens is 4. The van der Waals surface area contributed by atoms with Crippen molar-refractivity contribution in [3.05, 3.63) is 76.7 Å². The number of nitrogens with one attached hydrogen (secondary N) is 1. The van der Waals surface area contributed by atoms with Crippen LogP contribution in [-0.2, 0) is 17.6 Å². The summed E-state index contributed by atoms with van der Waals surface area (Å²) < 4.78 is 6.85. The maximum Gasteiger partial charge on any atom is 0.305 e. The molecule has 0 amide bonds. The van der Waals surface area contributed by atoms with Crippen LogP contribution in [0.5, 0.6) is 5.88 Å². The van der Waals surface area contributed by atoms with Crippen molar-refractivity contribution in [3.63, 3.8) is 0 Å². The van der Waals surface area contributed by atoms with E-state index in [0.29, 0.717) is 5.88 Å². The molecule has 0 fully saturated rings. The molecular weight excluding hydrogens is 430 g/mol. The van der Waals surface area contributed by atoms with E-state index in [1.807, 2.05) is 18.3 Å². The number of ether oxygens (including phenoxy) is 1. The third-order valence-corrected chi connectivity index (χ3v) is 6.34. The SMILES string of the molecule is COc1ccc([C@H](CC(=O)O)n2cc3ccc(Cc4cc5c(nc4C)NCCC5)cc3n2)cn1. The van der Waals surface area contributed by atoms with Crippen LogP contribution in [0.4, 0.5) is 5.82 Å². The fraction of sp³-hybridized carbons (Fsp3) is 0.308. The summed E-state index contributed by atoms with van der Waals surface area (Å²) in [6.45, 7) is 3.03. The first-order chi connectivity index (χ1) is 16.5. The fourth-order valence-corrected chi connectivity index (χ4v) is 4.51. The van der Waals surface area contributed by atoms with Crippen LogP contribution in [0.3, 0.4) is 0 Å². The Morgan fingerprint density at radius 1 is 1.26 bits per heavy atom. The van der Waals surface area contributed by atoms with E-state index < -0.39 is 12.0 Å². The lowest BCUT2D eigenvalue weighted by molar-refractivity contribution is -0.137. The molecule has 1 aromatic carbocycles. The first kappa shape index (κ1) is 21.9. The number of rotatable bonds is 7. The lowest BCUT2D eigenvalue weighted by Gasteiger charge is -2.19. The summed E-state index contributed by atoms with van der Waals surface area (Å²) in [7, 11) is 1.55. The van der Waals surface area contributed by atoms with Crippen LogP contribution in [0.15, 0.2) is 48.8 Å². The standard InChI is InChI=1S/C26H27N5O3/c1-16-21(12-18-4-3-9-27-26(18)29-16)10-17-5-6-20-15-31(30-22(20)11-17)23(13-25(32)33)19-7-8-24(34-2)28-14-19/h5-8,11-12,14-15,23H,3-4,9-10,13H2,1-2H3,(H,27,29)(H,32,33)/t23-/m0/s1. The molecule has 0 saturated carbocycles. The molecule has 1 atom stereocenters. The number of benzene rings is 1. The van der Waals surface area contributed by atoms with Gasteiger partial charge in [0.1, 0.15) is 5.82 Å². The Balaban J connectivity index is 1.45. The molecule has 1 aliphatic rings. The number of carboxylic acid groups (broad SMARTS) is 1. The number of hydrogen-bond acceptors (Lipinski definition) is 6. The van der Waals surface area contributed by atoms with E-state index in [2.05, 4.69) is 35.4 Å². The number of nitrogens with zero attached hydrogens (tertiary/aromatic N) is 4. The molecule has 174 valence electrons. The van der Waals surface area contributed by atoms with Gasteiger partial charge in [0, 0.05) is 36.1 Å². The van der Waals surface area contributed by atoms with E-state index in [1.165, 1.54) is 11.1 Å². The van der Waals surface area contributed by atoms with Crippen molar-refractivity contribution in [2.24, 2.45) is 0 Å². The Labute approximate surface area is 197 Å². The highest BCUT2D eigenvalue weighted by Gasteiger charge is 2.20. The molecule has 2 N–H and O–H groups in total. The van der Waals surface area contributed by atoms with Crippen molar-refractivity contribution < 1.29 is 14.6 Å². The molecule has 0 unspecified atom stereocenters. The number of anilines is 1. The number of fused-ring (bicyclic) bond motifs is 2. The third kappa shape index (κ3) is 4.44. The van der Waals surface area contributed by atoms with Crippen LogP contribution in [0.2, 0.25) is 0 Å². The zero-order chi connectivity index (χ0) is 23.7. The summed E-state index contributed by atoms with van der Waals surface area (Å²) in [5.41, 5.74) is 6.27. The van der Waals surface area contributed by atoms with Crippen molar-refractivity contribution in [2.45, 2.75) is 38.6 Å². The van der Waals surface area contributed by atoms with Gasteiger partial charge in [-0.25, -0.2) is 9.97 Å². The second-order valence-corrected chi connectivity index (χ2v) is 8.70. The van der Waals surface area contributed by atoms with Crippen molar-refractivity contribution in [1.29, 1.82) is 0 Å². The van der Waals surface area contributed by atoms with Crippen LogP contribution >= 0.6 is 0 Å². The lowest BCUT2D eigenvalue weighted by atomic mass is 9.98. The molecule has 0 saturated heterocycles. The summed E-state index contributed by atoms with van der Waals surface area (Å²) >= 11 is 0. The Morgan fingerprint density at radius 3 is 2.91 bits per heavy atom. The van der Waals surface area contributed by atoms with Crippen LogP contribution < -0.4 is 10.1 Å². The predicted molar refractivity (Wildman–Crippen MR) is 130 cm³/mol. The highest BCUT2D eigenvalue weighted by Crippen LogP contribution is 2.27. The third-order valence-electron chi connectivity index (χ3n) is 6.34. The number of carbonyl (C=O) groups is 1. The fourth-order valence-electron chi connectivity index (χ4n) is 4.51. The first-order valence-corrected chi connectivity index (χ1v) is 11.4. The van der Waals surface area contributed by atoms with E-state index in [-0.39, 0.29) is 6.42 Å². The molecule has 4 aromatic rings. The molecule has 0 spiro atoms. The van der Waals surface area contributed by atoms with Crippen LogP contribution in [0.1, 0.15) is 46.8 Å². The molecule has 0 radical (unpaired) electrons. The van der Waals surface area contributed by atoms with Gasteiger partial charge in [0.15, 0.2) is 0 Å². The Kier molecular flexibility index (Phi) is 5.88. The molecule has 1 aliphatic heterocycles. The molecule has 0 aliphatic carbocycles. The normalized spacial score (nSPS) is 13.8. The van der Waals surface area contributed by atoms with E-state index in [9.17, 15) is 9.90 Å². The van der Waals surface area contributed by atoms with E-state index in [1.54, 1.807) is 24.1 Å². The van der Waals surface area contributed by atoms with Gasteiger partial charge in [0.05, 0.1) is 25.1 Å². The van der Waals surface area contributed by atoms with Crippen molar-refractivity contribution in [1.82, 2.24) is 19.7 Å². The molecular formula is C26H27N5O3. The van der Waals surface area contributed by atoms with Gasteiger partial charge in [-0.15, -0.1) is 0 Å². The monoisotopic (exact) mass is 457 g/mol. The van der Waals surface area contributed by atoms with Gasteiger partial charge >= 0.3 is 5.97 Å². The van der Waals surface area contributed by atoms with Gasteiger partial charge in [0.25, 0.3) is 0 Å². The van der Waals surface area contributed by atoms with Gasteiger partial charge < -0.3 is 15.2 Å². The minimum Gasteiger partial charge on any atom is -0.481 e. The van der Waals surface area contributed by atoms with E-state index >= 15 is 0 Å². The van der Waals surface area contributed by atoms with E-state index in [4.69, 9.17) is 14.8 Å². The maximum atomic E-state index is 11.6. The van der Waals surface area contributed by atoms with Gasteiger partial charge in [-0.1, -0.05) is 12.1 Å². The van der Waals surface area contributed by atoms with Crippen molar-refractivity contribution >= 4 is 22.7 Å². The number of aryl methyl sites for hydroxylation is 2. The molecule has 34 heavy (non-hydrogen) atoms. The Bertz CT molecular complexity index is 1350. The van der Waals surface area contributed by atoms with Crippen molar-refractivity contribution in [3.8, 4) is 5.88 Å². The smallest absolute Gasteiger partial charge is 0.305 e. The lowest BCUT2D eigenvalue weighted by Crippen LogP contribution is -2.16. The van der Waals surface area contributed by atoms with Gasteiger partial charge in [-0.3, -0.25) is 9.48 Å². The Morgan fingerprint density at radius 2 is 2.15 bits per heavy atom. The minimum absolute atomic E-state index is 0.0944. The average molecular weight is 458 g/mol. The van der Waals surface area contributed by atoms with Crippen LogP contribution in [0.25, 0.3) is 10.9 Å². The summed E-state index contributed by atoms with van der Waals surface area (Å²) in [6, 6.07) is 11.6. The highest BCUT2D eigenvalue weighted by molar-refractivity contribution is 5.79. The average Bonchev–Trinajstić information content (AvgIpc) is 3.26. The number of carboxylic acids is 1. The number of pyridine rings is 2. The molecule has 0 bridgehead atoms. The second-order valence-electron chi connectivity index (χ2n) is 8.70. The van der Waals surface area contributed by atoms with E-state index in [0.717, 1.165) is 59.3 Å². The van der Waals surface area contributed by atoms with Gasteiger partial charge in [0.2, 0.25) is 5.88 Å². The zero-order valence-electron chi connectivity index (χ0n) is 19.3. The second kappa shape index (κ2) is 9.13. The highest BCUT2D eigenvalue weighted by atomic mass is 16.5.